The highest BCUT2D eigenvalue weighted by Crippen LogP contribution is 2.29. The van der Waals surface area contributed by atoms with Crippen molar-refractivity contribution in [2.75, 3.05) is 20.2 Å². The number of nitrogens with zero attached hydrogens (tertiary/aromatic N) is 2. The first-order valence-electron chi connectivity index (χ1n) is 9.66. The number of likely N-dealkylation sites (N-methyl/N-ethyl adjacent to an activating group) is 1. The number of nitrogens with one attached hydrogen (secondary N) is 1. The van der Waals surface area contributed by atoms with Gasteiger partial charge in [-0.15, -0.1) is 0 Å². The van der Waals surface area contributed by atoms with Gasteiger partial charge >= 0.3 is 5.97 Å². The highest BCUT2D eigenvalue weighted by Gasteiger charge is 2.24. The molecule has 1 heterocycles. The highest BCUT2D eigenvalue weighted by molar-refractivity contribution is 5.99. The molecule has 1 saturated carbocycles. The predicted molar refractivity (Wildman–Crippen MR) is 109 cm³/mol. The van der Waals surface area contributed by atoms with E-state index in [1.54, 1.807) is 18.2 Å². The average molecular weight is 407 g/mol. The lowest BCUT2D eigenvalue weighted by Gasteiger charge is -2.16. The molecule has 8 heteroatoms. The molecule has 154 valence electrons. The number of esters is 1. The van der Waals surface area contributed by atoms with Gasteiger partial charge in [0.15, 0.2) is 12.4 Å². The minimum Gasteiger partial charge on any atom is -0.452 e. The second-order valence-electron chi connectivity index (χ2n) is 7.28. The van der Waals surface area contributed by atoms with E-state index in [2.05, 4.69) is 10.5 Å². The number of hydrogen-bond donors (Lipinski definition) is 1. The van der Waals surface area contributed by atoms with E-state index >= 15 is 0 Å². The maximum Gasteiger partial charge on any atom is 0.338 e. The lowest BCUT2D eigenvalue weighted by atomic mass is 10.1. The number of ether oxygens (including phenoxy) is 1. The zero-order valence-corrected chi connectivity index (χ0v) is 16.5. The SMILES string of the molecule is CN(CC(=O)NC1CC1)C(=O)COC(=O)c1ccc2noc(-c3ccccc3)c2c1. The molecule has 30 heavy (non-hydrogen) atoms. The van der Waals surface area contributed by atoms with Crippen LogP contribution in [0.25, 0.3) is 22.2 Å². The lowest BCUT2D eigenvalue weighted by Crippen LogP contribution is -2.40. The van der Waals surface area contributed by atoms with Gasteiger partial charge in [0.2, 0.25) is 5.91 Å². The van der Waals surface area contributed by atoms with Gasteiger partial charge < -0.3 is 19.5 Å². The Balaban J connectivity index is 1.39. The fraction of sp³-hybridized carbons (Fsp3) is 0.273. The van der Waals surface area contributed by atoms with Crippen LogP contribution in [0.2, 0.25) is 0 Å². The minimum absolute atomic E-state index is 0.0695. The van der Waals surface area contributed by atoms with Gasteiger partial charge in [-0.1, -0.05) is 35.5 Å². The fourth-order valence-corrected chi connectivity index (χ4v) is 2.99. The summed E-state index contributed by atoms with van der Waals surface area (Å²) in [7, 11) is 1.50. The van der Waals surface area contributed by atoms with Gasteiger partial charge in [0.25, 0.3) is 5.91 Å². The van der Waals surface area contributed by atoms with E-state index in [0.29, 0.717) is 16.7 Å². The summed E-state index contributed by atoms with van der Waals surface area (Å²) in [6, 6.07) is 14.5. The number of aromatic nitrogens is 1. The molecule has 2 amide bonds. The second kappa shape index (κ2) is 8.36. The van der Waals surface area contributed by atoms with Gasteiger partial charge in [-0.2, -0.15) is 0 Å². The van der Waals surface area contributed by atoms with E-state index < -0.39 is 18.5 Å². The molecular weight excluding hydrogens is 386 g/mol. The molecule has 0 aliphatic heterocycles. The summed E-state index contributed by atoms with van der Waals surface area (Å²) >= 11 is 0. The van der Waals surface area contributed by atoms with Crippen LogP contribution in [-0.2, 0) is 14.3 Å². The molecule has 0 unspecified atom stereocenters. The van der Waals surface area contributed by atoms with Crippen molar-refractivity contribution in [3.05, 3.63) is 54.1 Å². The quantitative estimate of drug-likeness (QED) is 0.604. The normalized spacial score (nSPS) is 13.1. The van der Waals surface area contributed by atoms with Crippen LogP contribution in [0.1, 0.15) is 23.2 Å². The average Bonchev–Trinajstić information content (AvgIpc) is 3.46. The van der Waals surface area contributed by atoms with Crippen LogP contribution in [0.15, 0.2) is 53.1 Å². The largest absolute Gasteiger partial charge is 0.452 e. The van der Waals surface area contributed by atoms with Crippen molar-refractivity contribution >= 4 is 28.7 Å². The number of hydrogen-bond acceptors (Lipinski definition) is 6. The van der Waals surface area contributed by atoms with Crippen molar-refractivity contribution in [1.29, 1.82) is 0 Å². The molecule has 3 aromatic rings. The van der Waals surface area contributed by atoms with Crippen LogP contribution in [0, 0.1) is 0 Å². The van der Waals surface area contributed by atoms with Crippen LogP contribution in [0.3, 0.4) is 0 Å². The van der Waals surface area contributed by atoms with Gasteiger partial charge in [0, 0.05) is 18.7 Å². The fourth-order valence-electron chi connectivity index (χ4n) is 2.99. The van der Waals surface area contributed by atoms with E-state index in [9.17, 15) is 14.4 Å². The smallest absolute Gasteiger partial charge is 0.338 e. The van der Waals surface area contributed by atoms with Crippen molar-refractivity contribution in [3.8, 4) is 11.3 Å². The van der Waals surface area contributed by atoms with Crippen LogP contribution in [0.4, 0.5) is 0 Å². The van der Waals surface area contributed by atoms with E-state index in [1.165, 1.54) is 11.9 Å². The van der Waals surface area contributed by atoms with Crippen molar-refractivity contribution in [1.82, 2.24) is 15.4 Å². The summed E-state index contributed by atoms with van der Waals surface area (Å²) in [5.41, 5.74) is 1.74. The van der Waals surface area contributed by atoms with Gasteiger partial charge in [-0.3, -0.25) is 9.59 Å². The van der Waals surface area contributed by atoms with Crippen LogP contribution >= 0.6 is 0 Å². The topological polar surface area (TPSA) is 102 Å². The molecule has 8 nitrogen and oxygen atoms in total. The Kier molecular flexibility index (Phi) is 5.47. The first-order valence-corrected chi connectivity index (χ1v) is 9.66. The Hall–Kier alpha value is -3.68. The third-order valence-corrected chi connectivity index (χ3v) is 4.82. The van der Waals surface area contributed by atoms with Crippen molar-refractivity contribution < 1.29 is 23.6 Å². The molecule has 1 fully saturated rings. The zero-order valence-electron chi connectivity index (χ0n) is 16.5. The molecule has 1 aliphatic rings. The number of carbonyl (C=O) groups is 3. The van der Waals surface area contributed by atoms with Crippen molar-refractivity contribution in [2.24, 2.45) is 0 Å². The van der Waals surface area contributed by atoms with Gasteiger partial charge in [0.05, 0.1) is 17.5 Å². The Morgan fingerprint density at radius 1 is 1.17 bits per heavy atom. The first kappa shape index (κ1) is 19.6. The monoisotopic (exact) mass is 407 g/mol. The van der Waals surface area contributed by atoms with Gasteiger partial charge in [-0.05, 0) is 31.0 Å². The molecule has 0 bridgehead atoms. The van der Waals surface area contributed by atoms with Crippen molar-refractivity contribution in [3.63, 3.8) is 0 Å². The Labute approximate surface area is 172 Å². The number of carbonyl (C=O) groups excluding carboxylic acids is 3. The van der Waals surface area contributed by atoms with Crippen LogP contribution < -0.4 is 5.32 Å². The van der Waals surface area contributed by atoms with Crippen molar-refractivity contribution in [2.45, 2.75) is 18.9 Å². The number of fused-ring (bicyclic) bond motifs is 1. The lowest BCUT2D eigenvalue weighted by molar-refractivity contribution is -0.137. The second-order valence-corrected chi connectivity index (χ2v) is 7.28. The Bertz CT molecular complexity index is 1090. The molecule has 1 N–H and O–H groups in total. The maximum absolute atomic E-state index is 12.4. The molecule has 0 radical (unpaired) electrons. The zero-order chi connectivity index (χ0) is 21.1. The molecule has 1 aromatic heterocycles. The van der Waals surface area contributed by atoms with Crippen LogP contribution in [0.5, 0.6) is 0 Å². The summed E-state index contributed by atoms with van der Waals surface area (Å²) in [4.78, 5) is 37.6. The summed E-state index contributed by atoms with van der Waals surface area (Å²) in [6.45, 7) is -0.515. The molecule has 0 spiro atoms. The number of benzene rings is 2. The van der Waals surface area contributed by atoms with E-state index in [1.807, 2.05) is 30.3 Å². The molecule has 0 saturated heterocycles. The minimum atomic E-state index is -0.638. The third-order valence-electron chi connectivity index (χ3n) is 4.82. The predicted octanol–water partition coefficient (Wildman–Crippen LogP) is 2.39. The summed E-state index contributed by atoms with van der Waals surface area (Å²) in [6.07, 6.45) is 1.95. The third kappa shape index (κ3) is 4.48. The van der Waals surface area contributed by atoms with E-state index in [-0.39, 0.29) is 24.1 Å². The van der Waals surface area contributed by atoms with E-state index in [0.717, 1.165) is 18.4 Å². The molecule has 4 rings (SSSR count). The summed E-state index contributed by atoms with van der Waals surface area (Å²) in [5.74, 6) is -0.754. The summed E-state index contributed by atoms with van der Waals surface area (Å²) in [5, 5.41) is 7.50. The van der Waals surface area contributed by atoms with E-state index in [4.69, 9.17) is 9.26 Å². The maximum atomic E-state index is 12.4. The molecular formula is C22H21N3O5. The first-order chi connectivity index (χ1) is 14.5. The number of rotatable bonds is 7. The van der Waals surface area contributed by atoms with Gasteiger partial charge in [0.1, 0.15) is 5.52 Å². The van der Waals surface area contributed by atoms with Crippen LogP contribution in [-0.4, -0.2) is 54.1 Å². The van der Waals surface area contributed by atoms with Gasteiger partial charge in [-0.25, -0.2) is 4.79 Å². The Morgan fingerprint density at radius 3 is 2.67 bits per heavy atom. The standard InChI is InChI=1S/C22H21N3O5/c1-25(12-19(26)23-16-8-9-16)20(27)13-29-22(28)15-7-10-18-17(11-15)21(30-24-18)14-5-3-2-4-6-14/h2-7,10-11,16H,8-9,12-13H2,1H3,(H,23,26). The molecule has 1 aliphatic carbocycles. The molecule has 0 atom stereocenters. The highest BCUT2D eigenvalue weighted by atomic mass is 16.5. The number of amides is 2. The summed E-state index contributed by atoms with van der Waals surface area (Å²) < 4.78 is 10.6. The molecule has 2 aromatic carbocycles. The Morgan fingerprint density at radius 2 is 1.93 bits per heavy atom.